The maximum Gasteiger partial charge on any atom is 0.454 e. The quantitative estimate of drug-likeness (QED) is 0.325. The average Bonchev–Trinajstić information content (AvgIpc) is 3.04. The Morgan fingerprint density at radius 3 is 2.65 bits per heavy atom. The van der Waals surface area contributed by atoms with Crippen LogP contribution in [0.1, 0.15) is 12.8 Å². The molecule has 26 heavy (non-hydrogen) atoms. The van der Waals surface area contributed by atoms with Gasteiger partial charge in [-0.3, -0.25) is 9.59 Å². The van der Waals surface area contributed by atoms with E-state index in [0.29, 0.717) is 42.9 Å². The molecule has 0 radical (unpaired) electrons. The van der Waals surface area contributed by atoms with Gasteiger partial charge in [-0.25, -0.2) is 0 Å². The first-order chi connectivity index (χ1) is 12.3. The molecule has 1 aromatic heterocycles. The molecule has 6 nitrogen and oxygen atoms in total. The molecule has 2 rings (SSSR count). The van der Waals surface area contributed by atoms with Gasteiger partial charge in [-0.2, -0.15) is 13.2 Å². The first kappa shape index (κ1) is 20.4. The van der Waals surface area contributed by atoms with Crippen LogP contribution in [0.5, 0.6) is 0 Å². The lowest BCUT2D eigenvalue weighted by Crippen LogP contribution is -2.35. The van der Waals surface area contributed by atoms with Gasteiger partial charge in [0.05, 0.1) is 0 Å². The van der Waals surface area contributed by atoms with Crippen molar-refractivity contribution in [1.82, 2.24) is 15.1 Å². The van der Waals surface area contributed by atoms with Crippen molar-refractivity contribution in [2.45, 2.75) is 23.4 Å². The smallest absolute Gasteiger partial charge is 0.377 e. The van der Waals surface area contributed by atoms with Gasteiger partial charge in [0.25, 0.3) is 5.78 Å². The van der Waals surface area contributed by atoms with Crippen LogP contribution in [0.25, 0.3) is 0 Å². The van der Waals surface area contributed by atoms with Gasteiger partial charge < -0.3 is 10.2 Å². The van der Waals surface area contributed by atoms with Gasteiger partial charge in [0, 0.05) is 37.0 Å². The molecule has 1 aromatic rings. The minimum absolute atomic E-state index is 0.184. The summed E-state index contributed by atoms with van der Waals surface area (Å²) in [5.74, 6) is -1.63. The number of nitrogens with one attached hydrogen (secondary N) is 1. The number of thioether (sulfide) groups is 1. The van der Waals surface area contributed by atoms with Crippen LogP contribution in [-0.4, -0.2) is 51.8 Å². The number of piperidine rings is 1. The van der Waals surface area contributed by atoms with Crippen molar-refractivity contribution in [2.75, 3.05) is 24.2 Å². The zero-order chi connectivity index (χ0) is 19.2. The van der Waals surface area contributed by atoms with Crippen molar-refractivity contribution in [3.05, 3.63) is 24.9 Å². The molecule has 0 saturated carbocycles. The van der Waals surface area contributed by atoms with E-state index < -0.39 is 12.0 Å². The lowest BCUT2D eigenvalue weighted by molar-refractivity contribution is -0.165. The highest BCUT2D eigenvalue weighted by atomic mass is 32.2. The first-order valence-corrected chi connectivity index (χ1v) is 9.51. The van der Waals surface area contributed by atoms with Gasteiger partial charge in [-0.05, 0) is 12.8 Å². The summed E-state index contributed by atoms with van der Waals surface area (Å²) in [6, 6.07) is 0. The van der Waals surface area contributed by atoms with E-state index in [1.54, 1.807) is 11.0 Å². The topological polar surface area (TPSA) is 75.2 Å². The normalized spacial score (nSPS) is 16.0. The molecule has 0 aliphatic carbocycles. The van der Waals surface area contributed by atoms with Crippen LogP contribution in [0.3, 0.4) is 0 Å². The molecule has 2 heterocycles. The van der Waals surface area contributed by atoms with Crippen molar-refractivity contribution < 1.29 is 22.8 Å². The second-order valence-corrected chi connectivity index (χ2v) is 7.69. The highest BCUT2D eigenvalue weighted by Gasteiger charge is 2.36. The zero-order valence-electron chi connectivity index (χ0n) is 13.7. The standard InChI is InChI=1S/C15H17F3N4O2S2/c1-2-9-25-14-21-20-13(26-14)19-12(24)10-3-6-22(7-4-10)8-5-11(23)15(16,17)18/h2,5,8,10H,1,3-4,6-7,9H2,(H,19,20,24). The summed E-state index contributed by atoms with van der Waals surface area (Å²) in [5.41, 5.74) is 0. The summed E-state index contributed by atoms with van der Waals surface area (Å²) in [6.07, 6.45) is -0.503. The number of ketones is 1. The van der Waals surface area contributed by atoms with Gasteiger partial charge in [0.1, 0.15) is 0 Å². The minimum atomic E-state index is -4.86. The molecule has 0 aromatic carbocycles. The van der Waals surface area contributed by atoms with Crippen LogP contribution in [0.15, 0.2) is 29.3 Å². The van der Waals surface area contributed by atoms with E-state index in [1.165, 1.54) is 23.1 Å². The molecule has 1 aliphatic heterocycles. The second kappa shape index (κ2) is 9.17. The second-order valence-electron chi connectivity index (χ2n) is 5.45. The maximum absolute atomic E-state index is 12.3. The molecule has 0 spiro atoms. The minimum Gasteiger partial charge on any atom is -0.377 e. The number of halogens is 3. The number of alkyl halides is 3. The fourth-order valence-electron chi connectivity index (χ4n) is 2.23. The molecule has 142 valence electrons. The van der Waals surface area contributed by atoms with Crippen molar-refractivity contribution in [1.29, 1.82) is 0 Å². The highest BCUT2D eigenvalue weighted by molar-refractivity contribution is 8.01. The van der Waals surface area contributed by atoms with Crippen LogP contribution in [0.4, 0.5) is 18.3 Å². The molecule has 1 N–H and O–H groups in total. The van der Waals surface area contributed by atoms with Crippen LogP contribution in [-0.2, 0) is 9.59 Å². The molecule has 0 unspecified atom stereocenters. The third-order valence-electron chi connectivity index (χ3n) is 3.58. The number of hydrogen-bond acceptors (Lipinski definition) is 7. The molecule has 1 fully saturated rings. The zero-order valence-corrected chi connectivity index (χ0v) is 15.3. The van der Waals surface area contributed by atoms with E-state index in [0.717, 1.165) is 10.5 Å². The Morgan fingerprint density at radius 2 is 2.04 bits per heavy atom. The van der Waals surface area contributed by atoms with Gasteiger partial charge in [0.15, 0.2) is 4.34 Å². The van der Waals surface area contributed by atoms with Crippen LogP contribution in [0.2, 0.25) is 0 Å². The van der Waals surface area contributed by atoms with Crippen LogP contribution < -0.4 is 5.32 Å². The third kappa shape index (κ3) is 6.13. The van der Waals surface area contributed by atoms with Gasteiger partial charge in [-0.1, -0.05) is 29.2 Å². The third-order valence-corrected chi connectivity index (χ3v) is 5.55. The number of amides is 1. The monoisotopic (exact) mass is 406 g/mol. The molecule has 0 atom stereocenters. The Bertz CT molecular complexity index is 683. The number of aromatic nitrogens is 2. The SMILES string of the molecule is C=CCSc1nnc(NC(=O)C2CCN(C=CC(=O)C(F)(F)F)CC2)s1. The largest absolute Gasteiger partial charge is 0.454 e. The number of carbonyl (C=O) groups is 2. The predicted octanol–water partition coefficient (Wildman–Crippen LogP) is 3.11. The lowest BCUT2D eigenvalue weighted by atomic mass is 9.96. The number of allylic oxidation sites excluding steroid dienone is 1. The highest BCUT2D eigenvalue weighted by Crippen LogP contribution is 2.27. The molecule has 11 heteroatoms. The Kier molecular flexibility index (Phi) is 7.21. The van der Waals surface area contributed by atoms with Crippen molar-refractivity contribution in [3.8, 4) is 0 Å². The summed E-state index contributed by atoms with van der Waals surface area (Å²) >= 11 is 2.74. The van der Waals surface area contributed by atoms with E-state index in [4.69, 9.17) is 0 Å². The summed E-state index contributed by atoms with van der Waals surface area (Å²) in [5, 5.41) is 11.0. The maximum atomic E-state index is 12.3. The number of rotatable bonds is 7. The summed E-state index contributed by atoms with van der Waals surface area (Å²) in [6.45, 7) is 4.41. The molecule has 1 aliphatic rings. The van der Waals surface area contributed by atoms with Crippen molar-refractivity contribution >= 4 is 39.9 Å². The van der Waals surface area contributed by atoms with Gasteiger partial charge >= 0.3 is 6.18 Å². The van der Waals surface area contributed by atoms with E-state index in [2.05, 4.69) is 22.1 Å². The van der Waals surface area contributed by atoms with Gasteiger partial charge in [0.2, 0.25) is 11.0 Å². The fraction of sp³-hybridized carbons (Fsp3) is 0.467. The van der Waals surface area contributed by atoms with E-state index in [9.17, 15) is 22.8 Å². The Hall–Kier alpha value is -1.88. The fourth-order valence-corrected chi connectivity index (χ4v) is 3.75. The van der Waals surface area contributed by atoms with Crippen LogP contribution >= 0.6 is 23.1 Å². The first-order valence-electron chi connectivity index (χ1n) is 7.71. The Balaban J connectivity index is 1.79. The van der Waals surface area contributed by atoms with Crippen molar-refractivity contribution in [2.24, 2.45) is 5.92 Å². The molecule has 1 saturated heterocycles. The average molecular weight is 406 g/mol. The molecule has 0 bridgehead atoms. The predicted molar refractivity (Wildman–Crippen MR) is 94.0 cm³/mol. The molecule has 1 amide bonds. The number of hydrogen-bond donors (Lipinski definition) is 1. The van der Waals surface area contributed by atoms with E-state index in [1.807, 2.05) is 0 Å². The Morgan fingerprint density at radius 1 is 1.35 bits per heavy atom. The number of anilines is 1. The van der Waals surface area contributed by atoms with Crippen LogP contribution in [0, 0.1) is 5.92 Å². The number of carbonyl (C=O) groups excluding carboxylic acids is 2. The molecular formula is C15H17F3N4O2S2. The van der Waals surface area contributed by atoms with E-state index >= 15 is 0 Å². The Labute approximate surface area is 156 Å². The number of nitrogens with zero attached hydrogens (tertiary/aromatic N) is 3. The lowest BCUT2D eigenvalue weighted by Gasteiger charge is -2.30. The summed E-state index contributed by atoms with van der Waals surface area (Å²) < 4.78 is 37.2. The summed E-state index contributed by atoms with van der Waals surface area (Å²) in [4.78, 5) is 24.7. The van der Waals surface area contributed by atoms with Crippen molar-refractivity contribution in [3.63, 3.8) is 0 Å². The van der Waals surface area contributed by atoms with Gasteiger partial charge in [-0.15, -0.1) is 16.8 Å². The molecular weight excluding hydrogens is 389 g/mol. The van der Waals surface area contributed by atoms with E-state index in [-0.39, 0.29) is 11.8 Å². The number of likely N-dealkylation sites (tertiary alicyclic amines) is 1. The summed E-state index contributed by atoms with van der Waals surface area (Å²) in [7, 11) is 0.